The summed E-state index contributed by atoms with van der Waals surface area (Å²) in [6.07, 6.45) is 5.67. The fraction of sp³-hybridized carbons (Fsp3) is 0.278. The van der Waals surface area contributed by atoms with Crippen LogP contribution in [-0.2, 0) is 6.54 Å². The van der Waals surface area contributed by atoms with Crippen LogP contribution in [0.2, 0.25) is 0 Å². The smallest absolute Gasteiger partial charge is 0.225 e. The molecule has 0 radical (unpaired) electrons. The van der Waals surface area contributed by atoms with E-state index < -0.39 is 0 Å². The second-order valence-electron chi connectivity index (χ2n) is 6.00. The fourth-order valence-corrected chi connectivity index (χ4v) is 3.38. The van der Waals surface area contributed by atoms with E-state index in [1.54, 1.807) is 0 Å². The molecule has 3 heterocycles. The van der Waals surface area contributed by atoms with Crippen LogP contribution in [0.25, 0.3) is 10.9 Å². The van der Waals surface area contributed by atoms with Crippen LogP contribution in [0.3, 0.4) is 0 Å². The quantitative estimate of drug-likeness (QED) is 0.695. The molecule has 0 spiro atoms. The van der Waals surface area contributed by atoms with Crippen LogP contribution in [-0.4, -0.2) is 46.0 Å². The highest BCUT2D eigenvalue weighted by Crippen LogP contribution is 2.20. The molecule has 0 bridgehead atoms. The molecule has 2 aromatic heterocycles. The average molecular weight is 384 g/mol. The molecule has 0 N–H and O–H groups in total. The second kappa shape index (κ2) is 6.83. The molecule has 5 nitrogen and oxygen atoms in total. The molecular weight excluding hydrogens is 366 g/mol. The summed E-state index contributed by atoms with van der Waals surface area (Å²) in [5, 5.41) is 1.06. The number of benzene rings is 1. The van der Waals surface area contributed by atoms with E-state index >= 15 is 0 Å². The summed E-state index contributed by atoms with van der Waals surface area (Å²) in [6, 6.07) is 10.2. The van der Waals surface area contributed by atoms with E-state index in [1.165, 1.54) is 5.56 Å². The average Bonchev–Trinajstić information content (AvgIpc) is 2.63. The maximum Gasteiger partial charge on any atom is 0.225 e. The van der Waals surface area contributed by atoms with Gasteiger partial charge in [0.25, 0.3) is 0 Å². The first kappa shape index (κ1) is 15.5. The van der Waals surface area contributed by atoms with Crippen LogP contribution in [0.15, 0.2) is 53.4 Å². The third-order valence-corrected chi connectivity index (χ3v) is 4.81. The number of hydrogen-bond donors (Lipinski definition) is 0. The minimum absolute atomic E-state index is 0.825. The predicted molar refractivity (Wildman–Crippen MR) is 99.0 cm³/mol. The van der Waals surface area contributed by atoms with Crippen LogP contribution in [0.5, 0.6) is 0 Å². The van der Waals surface area contributed by atoms with Gasteiger partial charge in [0.05, 0.1) is 5.52 Å². The monoisotopic (exact) mass is 383 g/mol. The minimum atomic E-state index is 0.825. The van der Waals surface area contributed by atoms with Gasteiger partial charge in [-0.15, -0.1) is 0 Å². The SMILES string of the molecule is Brc1ccc2nc(N3CCN(Cc4cccnc4)CC3)ncc2c1. The van der Waals surface area contributed by atoms with Crippen molar-refractivity contribution in [1.29, 1.82) is 0 Å². The van der Waals surface area contributed by atoms with Gasteiger partial charge in [-0.05, 0) is 29.8 Å². The summed E-state index contributed by atoms with van der Waals surface area (Å²) in [5.74, 6) is 0.825. The normalized spacial score (nSPS) is 15.8. The molecule has 122 valence electrons. The van der Waals surface area contributed by atoms with Crippen molar-refractivity contribution in [1.82, 2.24) is 19.9 Å². The van der Waals surface area contributed by atoms with E-state index in [-0.39, 0.29) is 0 Å². The lowest BCUT2D eigenvalue weighted by atomic mass is 10.2. The molecule has 1 fully saturated rings. The number of pyridine rings is 1. The third kappa shape index (κ3) is 3.39. The predicted octanol–water partition coefficient (Wildman–Crippen LogP) is 3.11. The van der Waals surface area contributed by atoms with E-state index in [9.17, 15) is 0 Å². The zero-order valence-electron chi connectivity index (χ0n) is 13.3. The number of hydrogen-bond acceptors (Lipinski definition) is 5. The molecule has 1 aromatic carbocycles. The number of anilines is 1. The van der Waals surface area contributed by atoms with Gasteiger partial charge in [-0.25, -0.2) is 9.97 Å². The summed E-state index contributed by atoms with van der Waals surface area (Å²) in [6.45, 7) is 4.87. The summed E-state index contributed by atoms with van der Waals surface area (Å²) in [5.41, 5.74) is 2.25. The lowest BCUT2D eigenvalue weighted by Gasteiger charge is -2.34. The Hall–Kier alpha value is -2.05. The van der Waals surface area contributed by atoms with E-state index in [0.717, 1.165) is 54.0 Å². The van der Waals surface area contributed by atoms with Gasteiger partial charge in [-0.3, -0.25) is 9.88 Å². The molecule has 0 unspecified atom stereocenters. The molecule has 3 aromatic rings. The summed E-state index contributed by atoms with van der Waals surface area (Å²) in [4.78, 5) is 18.2. The number of piperazine rings is 1. The second-order valence-corrected chi connectivity index (χ2v) is 6.91. The summed E-state index contributed by atoms with van der Waals surface area (Å²) >= 11 is 3.49. The Morgan fingerprint density at radius 3 is 2.71 bits per heavy atom. The molecule has 0 amide bonds. The Labute approximate surface area is 149 Å². The number of aromatic nitrogens is 3. The Kier molecular flexibility index (Phi) is 4.40. The van der Waals surface area contributed by atoms with Crippen LogP contribution in [0, 0.1) is 0 Å². The lowest BCUT2D eigenvalue weighted by Crippen LogP contribution is -2.46. The van der Waals surface area contributed by atoms with Crippen molar-refractivity contribution in [2.75, 3.05) is 31.1 Å². The van der Waals surface area contributed by atoms with Crippen LogP contribution >= 0.6 is 15.9 Å². The summed E-state index contributed by atoms with van der Waals surface area (Å²) in [7, 11) is 0. The Morgan fingerprint density at radius 1 is 1.04 bits per heavy atom. The zero-order chi connectivity index (χ0) is 16.4. The number of halogens is 1. The van der Waals surface area contributed by atoms with Crippen molar-refractivity contribution in [3.63, 3.8) is 0 Å². The molecule has 1 aliphatic rings. The van der Waals surface area contributed by atoms with E-state index in [4.69, 9.17) is 4.98 Å². The van der Waals surface area contributed by atoms with Gasteiger partial charge in [-0.2, -0.15) is 0 Å². The van der Waals surface area contributed by atoms with Gasteiger partial charge in [0.1, 0.15) is 0 Å². The van der Waals surface area contributed by atoms with Crippen LogP contribution < -0.4 is 4.90 Å². The Bertz CT molecular complexity index is 831. The largest absolute Gasteiger partial charge is 0.338 e. The number of rotatable bonds is 3. The maximum atomic E-state index is 4.71. The first-order chi connectivity index (χ1) is 11.8. The van der Waals surface area contributed by atoms with Gasteiger partial charge in [0.2, 0.25) is 5.95 Å². The van der Waals surface area contributed by atoms with Crippen molar-refractivity contribution in [2.45, 2.75) is 6.54 Å². The zero-order valence-corrected chi connectivity index (χ0v) is 14.9. The maximum absolute atomic E-state index is 4.71. The minimum Gasteiger partial charge on any atom is -0.338 e. The van der Waals surface area contributed by atoms with E-state index in [1.807, 2.05) is 42.9 Å². The highest BCUT2D eigenvalue weighted by Gasteiger charge is 2.19. The van der Waals surface area contributed by atoms with Gasteiger partial charge in [-0.1, -0.05) is 22.0 Å². The Morgan fingerprint density at radius 2 is 1.92 bits per heavy atom. The standard InChI is InChI=1S/C18H18BrN5/c19-16-3-4-17-15(10-16)12-21-18(22-17)24-8-6-23(7-9-24)13-14-2-1-5-20-11-14/h1-5,10-12H,6-9,13H2. The van der Waals surface area contributed by atoms with Gasteiger partial charge >= 0.3 is 0 Å². The lowest BCUT2D eigenvalue weighted by molar-refractivity contribution is 0.248. The molecule has 0 saturated carbocycles. The summed E-state index contributed by atoms with van der Waals surface area (Å²) < 4.78 is 1.05. The van der Waals surface area contributed by atoms with Crippen molar-refractivity contribution in [3.8, 4) is 0 Å². The highest BCUT2D eigenvalue weighted by molar-refractivity contribution is 9.10. The molecule has 1 aliphatic heterocycles. The van der Waals surface area contributed by atoms with E-state index in [2.05, 4.69) is 41.8 Å². The van der Waals surface area contributed by atoms with Gasteiger partial charge in [0.15, 0.2) is 0 Å². The fourth-order valence-electron chi connectivity index (χ4n) is 3.00. The van der Waals surface area contributed by atoms with Crippen molar-refractivity contribution in [2.24, 2.45) is 0 Å². The van der Waals surface area contributed by atoms with Gasteiger partial charge in [0, 0.05) is 61.2 Å². The van der Waals surface area contributed by atoms with Crippen LogP contribution in [0.1, 0.15) is 5.56 Å². The third-order valence-electron chi connectivity index (χ3n) is 4.31. The molecular formula is C18H18BrN5. The van der Waals surface area contributed by atoms with Crippen molar-refractivity contribution < 1.29 is 0 Å². The highest BCUT2D eigenvalue weighted by atomic mass is 79.9. The molecule has 0 aliphatic carbocycles. The molecule has 1 saturated heterocycles. The number of nitrogens with zero attached hydrogens (tertiary/aromatic N) is 5. The van der Waals surface area contributed by atoms with E-state index in [0.29, 0.717) is 0 Å². The van der Waals surface area contributed by atoms with Crippen LogP contribution in [0.4, 0.5) is 5.95 Å². The molecule has 4 rings (SSSR count). The molecule has 6 heteroatoms. The first-order valence-corrected chi connectivity index (χ1v) is 8.86. The topological polar surface area (TPSA) is 45.2 Å². The Balaban J connectivity index is 1.43. The molecule has 0 atom stereocenters. The first-order valence-electron chi connectivity index (χ1n) is 8.06. The van der Waals surface area contributed by atoms with Crippen molar-refractivity contribution >= 4 is 32.8 Å². The van der Waals surface area contributed by atoms with Crippen molar-refractivity contribution in [3.05, 3.63) is 59.0 Å². The number of fused-ring (bicyclic) bond motifs is 1. The van der Waals surface area contributed by atoms with Gasteiger partial charge < -0.3 is 4.90 Å². The molecule has 24 heavy (non-hydrogen) atoms.